The third-order valence-electron chi connectivity index (χ3n) is 6.02. The second kappa shape index (κ2) is 8.95. The molecule has 1 aliphatic heterocycles. The van der Waals surface area contributed by atoms with Gasteiger partial charge >= 0.3 is 5.69 Å². The van der Waals surface area contributed by atoms with Crippen molar-refractivity contribution in [3.8, 4) is 11.3 Å². The van der Waals surface area contributed by atoms with Crippen LogP contribution in [0.3, 0.4) is 0 Å². The minimum atomic E-state index is -0.503. The summed E-state index contributed by atoms with van der Waals surface area (Å²) < 4.78 is 1.62. The lowest BCUT2D eigenvalue weighted by Gasteiger charge is -2.32. The van der Waals surface area contributed by atoms with E-state index in [1.165, 1.54) is 18.0 Å². The Balaban J connectivity index is 1.66. The molecule has 4 aromatic heterocycles. The third kappa shape index (κ3) is 4.05. The lowest BCUT2D eigenvalue weighted by atomic mass is 10.0. The van der Waals surface area contributed by atoms with Crippen molar-refractivity contribution in [1.29, 1.82) is 0 Å². The zero-order valence-electron chi connectivity index (χ0n) is 18.4. The Kier molecular flexibility index (Phi) is 5.84. The van der Waals surface area contributed by atoms with Crippen LogP contribution in [0, 0.1) is 0 Å². The summed E-state index contributed by atoms with van der Waals surface area (Å²) in [5, 5.41) is 0.949. The van der Waals surface area contributed by atoms with Gasteiger partial charge in [-0.3, -0.25) is 29.0 Å². The van der Waals surface area contributed by atoms with Gasteiger partial charge in [-0.15, -0.1) is 0 Å². The van der Waals surface area contributed by atoms with Gasteiger partial charge in [0.15, 0.2) is 5.16 Å². The molecule has 0 aromatic carbocycles. The molecule has 0 unspecified atom stereocenters. The van der Waals surface area contributed by atoms with E-state index >= 15 is 0 Å². The van der Waals surface area contributed by atoms with Crippen LogP contribution in [0.1, 0.15) is 18.9 Å². The molecule has 11 nitrogen and oxygen atoms in total. The molecule has 1 saturated heterocycles. The maximum Gasteiger partial charge on any atom is 0.329 e. The number of piperidine rings is 1. The number of hydrogen-bond donors (Lipinski definition) is 2. The van der Waals surface area contributed by atoms with E-state index in [0.717, 1.165) is 5.56 Å². The second-order valence-corrected chi connectivity index (χ2v) is 8.92. The minimum Gasteiger partial charge on any atom is -0.369 e. The number of likely N-dealkylation sites (tertiary alicyclic amines) is 1. The number of thioether (sulfide) groups is 1. The van der Waals surface area contributed by atoms with E-state index in [1.54, 1.807) is 17.0 Å². The van der Waals surface area contributed by atoms with Crippen molar-refractivity contribution in [1.82, 2.24) is 34.4 Å². The molecule has 174 valence electrons. The van der Waals surface area contributed by atoms with Crippen LogP contribution in [0.25, 0.3) is 33.2 Å². The summed E-state index contributed by atoms with van der Waals surface area (Å²) >= 11 is 1.44. The van der Waals surface area contributed by atoms with Crippen LogP contribution in [0.15, 0.2) is 45.5 Å². The maximum absolute atomic E-state index is 13.0. The molecule has 5 heterocycles. The van der Waals surface area contributed by atoms with Gasteiger partial charge in [0.05, 0.1) is 28.7 Å². The molecular weight excluding hydrogens is 456 g/mol. The Morgan fingerprint density at radius 3 is 2.56 bits per heavy atom. The van der Waals surface area contributed by atoms with Crippen molar-refractivity contribution in [2.45, 2.75) is 24.0 Å². The normalized spacial score (nSPS) is 15.2. The van der Waals surface area contributed by atoms with Gasteiger partial charge in [0.2, 0.25) is 5.91 Å². The highest BCUT2D eigenvalue weighted by atomic mass is 32.2. The largest absolute Gasteiger partial charge is 0.369 e. The van der Waals surface area contributed by atoms with Crippen LogP contribution in [-0.2, 0) is 4.79 Å². The zero-order chi connectivity index (χ0) is 23.8. The molecule has 3 N–H and O–H groups in total. The first-order valence-electron chi connectivity index (χ1n) is 10.8. The molecule has 1 amide bonds. The van der Waals surface area contributed by atoms with Gasteiger partial charge in [0, 0.05) is 43.3 Å². The number of rotatable bonds is 5. The number of nitrogens with zero attached hydrogens (tertiary/aromatic N) is 6. The fourth-order valence-electron chi connectivity index (χ4n) is 4.41. The molecule has 34 heavy (non-hydrogen) atoms. The standard InChI is InChI=1S/C22H22N8O3S/c1-34-21-25-8-12(9-26-21)15-2-3-16-18(27-15)19-14(10-24-16)20(32)28-22(33)30(19)13-4-6-29(7-5-13)11-17(23)31/h2-3,8-10,13H,4-7,11H2,1H3,(H2,23,31)(H,28,32,33). The predicted octanol–water partition coefficient (Wildman–Crippen LogP) is 0.934. The van der Waals surface area contributed by atoms with Crippen LogP contribution in [0.5, 0.6) is 0 Å². The van der Waals surface area contributed by atoms with Crippen LogP contribution in [0.4, 0.5) is 0 Å². The number of aromatic amines is 1. The number of amides is 1. The average Bonchev–Trinajstić information content (AvgIpc) is 2.84. The first-order valence-corrected chi connectivity index (χ1v) is 12.0. The predicted molar refractivity (Wildman–Crippen MR) is 129 cm³/mol. The Morgan fingerprint density at radius 1 is 1.15 bits per heavy atom. The van der Waals surface area contributed by atoms with Crippen molar-refractivity contribution in [3.05, 3.63) is 51.6 Å². The highest BCUT2D eigenvalue weighted by Gasteiger charge is 2.25. The van der Waals surface area contributed by atoms with E-state index in [2.05, 4.69) is 19.9 Å². The fraction of sp³-hybridized carbons (Fsp3) is 0.318. The van der Waals surface area contributed by atoms with Crippen molar-refractivity contribution in [3.63, 3.8) is 0 Å². The van der Waals surface area contributed by atoms with Gasteiger partial charge in [-0.1, -0.05) is 11.8 Å². The smallest absolute Gasteiger partial charge is 0.329 e. The first-order chi connectivity index (χ1) is 16.4. The summed E-state index contributed by atoms with van der Waals surface area (Å²) in [5.41, 5.74) is 7.16. The summed E-state index contributed by atoms with van der Waals surface area (Å²) in [7, 11) is 0. The van der Waals surface area contributed by atoms with E-state index < -0.39 is 11.2 Å². The molecule has 1 aliphatic rings. The topological polar surface area (TPSA) is 153 Å². The number of nitrogens with one attached hydrogen (secondary N) is 1. The highest BCUT2D eigenvalue weighted by molar-refractivity contribution is 7.98. The van der Waals surface area contributed by atoms with E-state index in [9.17, 15) is 14.4 Å². The van der Waals surface area contributed by atoms with Gasteiger partial charge in [0.1, 0.15) is 5.52 Å². The van der Waals surface area contributed by atoms with E-state index in [1.807, 2.05) is 23.3 Å². The molecule has 0 atom stereocenters. The quantitative estimate of drug-likeness (QED) is 0.242. The number of hydrogen-bond acceptors (Lipinski definition) is 9. The summed E-state index contributed by atoms with van der Waals surface area (Å²) in [5.74, 6) is -0.381. The molecule has 1 fully saturated rings. The van der Waals surface area contributed by atoms with E-state index in [4.69, 9.17) is 10.7 Å². The summed E-state index contributed by atoms with van der Waals surface area (Å²) in [6.07, 6.45) is 8.02. The van der Waals surface area contributed by atoms with Crippen LogP contribution in [-0.4, -0.2) is 66.2 Å². The summed E-state index contributed by atoms with van der Waals surface area (Å²) in [4.78, 5) is 59.2. The third-order valence-corrected chi connectivity index (χ3v) is 6.60. The Bertz CT molecular complexity index is 1510. The number of carbonyl (C=O) groups is 1. The number of H-pyrrole nitrogens is 1. The zero-order valence-corrected chi connectivity index (χ0v) is 19.2. The molecule has 0 aliphatic carbocycles. The molecular formula is C22H22N8O3S. The number of nitrogens with two attached hydrogens (primary N) is 1. The summed E-state index contributed by atoms with van der Waals surface area (Å²) in [6, 6.07) is 3.46. The van der Waals surface area contributed by atoms with E-state index in [-0.39, 0.29) is 18.5 Å². The van der Waals surface area contributed by atoms with Crippen molar-refractivity contribution in [2.24, 2.45) is 5.73 Å². The second-order valence-electron chi connectivity index (χ2n) is 8.15. The maximum atomic E-state index is 13.0. The van der Waals surface area contributed by atoms with Gasteiger partial charge in [-0.05, 0) is 31.2 Å². The first kappa shape index (κ1) is 22.2. The SMILES string of the molecule is CSc1ncc(-c2ccc3ncc4c(=O)[nH]c(=O)n(C5CCN(CC(N)=O)CC5)c4c3n2)cn1. The summed E-state index contributed by atoms with van der Waals surface area (Å²) in [6.45, 7) is 1.41. The van der Waals surface area contributed by atoms with Crippen molar-refractivity contribution in [2.75, 3.05) is 25.9 Å². The monoisotopic (exact) mass is 478 g/mol. The van der Waals surface area contributed by atoms with Gasteiger partial charge in [-0.25, -0.2) is 19.7 Å². The minimum absolute atomic E-state index is 0.170. The molecule has 0 saturated carbocycles. The van der Waals surface area contributed by atoms with Crippen LogP contribution in [0.2, 0.25) is 0 Å². The number of fused-ring (bicyclic) bond motifs is 3. The molecule has 0 spiro atoms. The molecule has 0 bridgehead atoms. The number of aromatic nitrogens is 6. The number of pyridine rings is 2. The van der Waals surface area contributed by atoms with Crippen molar-refractivity contribution >= 4 is 39.6 Å². The molecule has 5 rings (SSSR count). The van der Waals surface area contributed by atoms with Gasteiger partial charge in [0.25, 0.3) is 5.56 Å². The molecule has 0 radical (unpaired) electrons. The van der Waals surface area contributed by atoms with Crippen LogP contribution < -0.4 is 17.0 Å². The lowest BCUT2D eigenvalue weighted by Crippen LogP contribution is -2.42. The molecule has 12 heteroatoms. The molecule has 4 aromatic rings. The fourth-order valence-corrected chi connectivity index (χ4v) is 4.72. The number of primary amides is 1. The van der Waals surface area contributed by atoms with Gasteiger partial charge in [-0.2, -0.15) is 0 Å². The lowest BCUT2D eigenvalue weighted by molar-refractivity contribution is -0.119. The Labute approximate surface area is 197 Å². The Hall–Kier alpha value is -3.64. The van der Waals surface area contributed by atoms with Crippen LogP contribution >= 0.6 is 11.8 Å². The average molecular weight is 479 g/mol. The highest BCUT2D eigenvalue weighted by Crippen LogP contribution is 2.28. The van der Waals surface area contributed by atoms with Crippen molar-refractivity contribution < 1.29 is 4.79 Å². The van der Waals surface area contributed by atoms with E-state index in [0.29, 0.717) is 58.7 Å². The van der Waals surface area contributed by atoms with Gasteiger partial charge < -0.3 is 5.73 Å². The Morgan fingerprint density at radius 2 is 1.88 bits per heavy atom. The number of carbonyl (C=O) groups excluding carboxylic acids is 1.